The van der Waals surface area contributed by atoms with Crippen LogP contribution in [-0.4, -0.2) is 51.7 Å². The van der Waals surface area contributed by atoms with E-state index in [0.717, 1.165) is 38.4 Å². The molecule has 0 spiro atoms. The maximum Gasteiger partial charge on any atom is 0.272 e. The molecule has 1 amide bonds. The van der Waals surface area contributed by atoms with Crippen molar-refractivity contribution in [3.8, 4) is 0 Å². The summed E-state index contributed by atoms with van der Waals surface area (Å²) >= 11 is 0. The van der Waals surface area contributed by atoms with Gasteiger partial charge in [-0.1, -0.05) is 50.6 Å². The molecule has 5 nitrogen and oxygen atoms in total. The van der Waals surface area contributed by atoms with Crippen LogP contribution in [0.25, 0.3) is 0 Å². The van der Waals surface area contributed by atoms with Gasteiger partial charge in [-0.3, -0.25) is 14.4 Å². The molecule has 5 heteroatoms. The van der Waals surface area contributed by atoms with Crippen LogP contribution in [0.2, 0.25) is 0 Å². The van der Waals surface area contributed by atoms with Crippen LogP contribution in [0.5, 0.6) is 0 Å². The van der Waals surface area contributed by atoms with Gasteiger partial charge >= 0.3 is 0 Å². The van der Waals surface area contributed by atoms with Gasteiger partial charge in [-0.15, -0.1) is 0 Å². The van der Waals surface area contributed by atoms with E-state index in [4.69, 9.17) is 0 Å². The lowest BCUT2D eigenvalue weighted by atomic mass is 9.92. The second kappa shape index (κ2) is 7.23. The van der Waals surface area contributed by atoms with Gasteiger partial charge in [0, 0.05) is 45.2 Å². The molecule has 1 aliphatic heterocycles. The summed E-state index contributed by atoms with van der Waals surface area (Å²) < 4.78 is 1.72. The molecular formula is C21H30N4O. The third-order valence-electron chi connectivity index (χ3n) is 5.02. The van der Waals surface area contributed by atoms with Crippen LogP contribution in [0, 0.1) is 6.92 Å². The molecule has 2 heterocycles. The molecule has 0 radical (unpaired) electrons. The van der Waals surface area contributed by atoms with Crippen molar-refractivity contribution in [1.82, 2.24) is 19.6 Å². The number of carbonyl (C=O) groups is 1. The number of carbonyl (C=O) groups excluding carboxylic acids is 1. The summed E-state index contributed by atoms with van der Waals surface area (Å²) in [7, 11) is 1.86. The van der Waals surface area contributed by atoms with Crippen molar-refractivity contribution in [3.63, 3.8) is 0 Å². The lowest BCUT2D eigenvalue weighted by molar-refractivity contribution is 0.0618. The number of amides is 1. The number of hydrogen-bond donors (Lipinski definition) is 0. The van der Waals surface area contributed by atoms with E-state index in [9.17, 15) is 4.79 Å². The number of rotatable bonds is 3. The second-order valence-electron chi connectivity index (χ2n) is 8.35. The Hall–Kier alpha value is -2.14. The molecule has 1 fully saturated rings. The summed E-state index contributed by atoms with van der Waals surface area (Å²) in [6.45, 7) is 12.8. The summed E-state index contributed by atoms with van der Waals surface area (Å²) in [6, 6.07) is 10.6. The zero-order chi connectivity index (χ0) is 18.9. The Morgan fingerprint density at radius 1 is 1.12 bits per heavy atom. The van der Waals surface area contributed by atoms with E-state index < -0.39 is 0 Å². The predicted octanol–water partition coefficient (Wildman–Crippen LogP) is 2.98. The minimum Gasteiger partial charge on any atom is -0.335 e. The number of aryl methyl sites for hydroxylation is 2. The van der Waals surface area contributed by atoms with Gasteiger partial charge in [0.1, 0.15) is 5.69 Å². The van der Waals surface area contributed by atoms with Crippen molar-refractivity contribution in [1.29, 1.82) is 0 Å². The lowest BCUT2D eigenvalue weighted by Crippen LogP contribution is -2.48. The number of hydrogen-bond acceptors (Lipinski definition) is 3. The highest BCUT2D eigenvalue weighted by Crippen LogP contribution is 2.22. The van der Waals surface area contributed by atoms with Crippen LogP contribution in [-0.2, 0) is 19.0 Å². The fraction of sp³-hybridized carbons (Fsp3) is 0.524. The normalized spacial score (nSPS) is 16.1. The van der Waals surface area contributed by atoms with Crippen molar-refractivity contribution in [2.45, 2.75) is 39.7 Å². The SMILES string of the molecule is Cc1cccc(CN2CCN(C(=O)c3cc(C(C)(C)C)nn3C)CC2)c1. The van der Waals surface area contributed by atoms with Gasteiger partial charge in [-0.2, -0.15) is 5.10 Å². The van der Waals surface area contributed by atoms with E-state index >= 15 is 0 Å². The molecule has 26 heavy (non-hydrogen) atoms. The Kier molecular flexibility index (Phi) is 5.19. The largest absolute Gasteiger partial charge is 0.335 e. The van der Waals surface area contributed by atoms with E-state index in [1.807, 2.05) is 18.0 Å². The van der Waals surface area contributed by atoms with Crippen LogP contribution < -0.4 is 0 Å². The van der Waals surface area contributed by atoms with E-state index in [2.05, 4.69) is 62.0 Å². The monoisotopic (exact) mass is 354 g/mol. The molecule has 0 saturated carbocycles. The fourth-order valence-electron chi connectivity index (χ4n) is 3.37. The van der Waals surface area contributed by atoms with Gasteiger partial charge in [-0.05, 0) is 18.6 Å². The van der Waals surface area contributed by atoms with E-state index in [1.165, 1.54) is 11.1 Å². The number of nitrogens with zero attached hydrogens (tertiary/aromatic N) is 4. The van der Waals surface area contributed by atoms with Gasteiger partial charge in [-0.25, -0.2) is 0 Å². The summed E-state index contributed by atoms with van der Waals surface area (Å²) in [5.74, 6) is 0.0886. The number of benzene rings is 1. The first-order chi connectivity index (χ1) is 12.2. The molecule has 0 unspecified atom stereocenters. The summed E-state index contributed by atoms with van der Waals surface area (Å²) in [4.78, 5) is 17.3. The average molecular weight is 354 g/mol. The summed E-state index contributed by atoms with van der Waals surface area (Å²) in [6.07, 6.45) is 0. The molecule has 3 rings (SSSR count). The molecule has 0 N–H and O–H groups in total. The topological polar surface area (TPSA) is 41.4 Å². The van der Waals surface area contributed by atoms with Crippen molar-refractivity contribution in [3.05, 3.63) is 52.8 Å². The highest BCUT2D eigenvalue weighted by molar-refractivity contribution is 5.92. The van der Waals surface area contributed by atoms with Crippen LogP contribution in [0.1, 0.15) is 48.1 Å². The summed E-state index contributed by atoms with van der Waals surface area (Å²) in [5.41, 5.74) is 4.22. The van der Waals surface area contributed by atoms with Crippen LogP contribution >= 0.6 is 0 Å². The standard InChI is InChI=1S/C21H30N4O/c1-16-7-6-8-17(13-16)15-24-9-11-25(12-10-24)20(26)18-14-19(21(2,3)4)22-23(18)5/h6-8,13-14H,9-12,15H2,1-5H3. The van der Waals surface area contributed by atoms with Crippen molar-refractivity contribution in [2.75, 3.05) is 26.2 Å². The first-order valence-corrected chi connectivity index (χ1v) is 9.36. The molecule has 0 aliphatic carbocycles. The Morgan fingerprint density at radius 2 is 1.81 bits per heavy atom. The lowest BCUT2D eigenvalue weighted by Gasteiger charge is -2.34. The Labute approximate surface area is 156 Å². The minimum absolute atomic E-state index is 0.0528. The van der Waals surface area contributed by atoms with Gasteiger partial charge in [0.05, 0.1) is 5.69 Å². The maximum atomic E-state index is 12.9. The minimum atomic E-state index is -0.0528. The first-order valence-electron chi connectivity index (χ1n) is 9.36. The van der Waals surface area contributed by atoms with Crippen LogP contribution in [0.3, 0.4) is 0 Å². The highest BCUT2D eigenvalue weighted by Gasteiger charge is 2.27. The van der Waals surface area contributed by atoms with Gasteiger partial charge in [0.25, 0.3) is 5.91 Å². The predicted molar refractivity (Wildman–Crippen MR) is 104 cm³/mol. The van der Waals surface area contributed by atoms with E-state index in [1.54, 1.807) is 4.68 Å². The average Bonchev–Trinajstić information content (AvgIpc) is 2.97. The molecule has 140 valence electrons. The quantitative estimate of drug-likeness (QED) is 0.851. The van der Waals surface area contributed by atoms with Gasteiger partial charge in [0.15, 0.2) is 0 Å². The second-order valence-corrected chi connectivity index (χ2v) is 8.35. The molecule has 0 atom stereocenters. The Morgan fingerprint density at radius 3 is 2.38 bits per heavy atom. The Bertz CT molecular complexity index is 780. The van der Waals surface area contributed by atoms with Crippen molar-refractivity contribution >= 4 is 5.91 Å². The molecule has 1 aromatic heterocycles. The van der Waals surface area contributed by atoms with Crippen molar-refractivity contribution in [2.24, 2.45) is 7.05 Å². The van der Waals surface area contributed by atoms with E-state index in [0.29, 0.717) is 5.69 Å². The molecule has 1 aliphatic rings. The number of piperazine rings is 1. The van der Waals surface area contributed by atoms with Crippen molar-refractivity contribution < 1.29 is 4.79 Å². The van der Waals surface area contributed by atoms with E-state index in [-0.39, 0.29) is 11.3 Å². The zero-order valence-corrected chi connectivity index (χ0v) is 16.6. The number of aromatic nitrogens is 2. The fourth-order valence-corrected chi connectivity index (χ4v) is 3.37. The van der Waals surface area contributed by atoms with Crippen LogP contribution in [0.15, 0.2) is 30.3 Å². The smallest absolute Gasteiger partial charge is 0.272 e. The summed E-state index contributed by atoms with van der Waals surface area (Å²) in [5, 5.41) is 4.54. The van der Waals surface area contributed by atoms with Crippen LogP contribution in [0.4, 0.5) is 0 Å². The molecule has 1 saturated heterocycles. The zero-order valence-electron chi connectivity index (χ0n) is 16.6. The highest BCUT2D eigenvalue weighted by atomic mass is 16.2. The van der Waals surface area contributed by atoms with Gasteiger partial charge < -0.3 is 4.90 Å². The molecule has 0 bridgehead atoms. The Balaban J connectivity index is 1.61. The molecular weight excluding hydrogens is 324 g/mol. The van der Waals surface area contributed by atoms with Gasteiger partial charge in [0.2, 0.25) is 0 Å². The molecule has 1 aromatic carbocycles. The third-order valence-corrected chi connectivity index (χ3v) is 5.02. The maximum absolute atomic E-state index is 12.9. The first kappa shape index (κ1) is 18.6. The molecule has 2 aromatic rings. The third kappa shape index (κ3) is 4.15.